The number of hydrogen-bond acceptors (Lipinski definition) is 2. The molecular formula is C15H15NO3. The van der Waals surface area contributed by atoms with Crippen molar-refractivity contribution in [2.45, 2.75) is 20.4 Å². The number of carboxylic acids is 1. The average Bonchev–Trinajstić information content (AvgIpc) is 2.36. The highest BCUT2D eigenvalue weighted by molar-refractivity contribution is 5.87. The molecule has 0 saturated heterocycles. The van der Waals surface area contributed by atoms with E-state index in [2.05, 4.69) is 0 Å². The summed E-state index contributed by atoms with van der Waals surface area (Å²) in [6.07, 6.45) is 1.52. The Hall–Kier alpha value is -2.36. The Balaban J connectivity index is 2.36. The first kappa shape index (κ1) is 13.1. The molecule has 1 N–H and O–H groups in total. The van der Waals surface area contributed by atoms with Gasteiger partial charge in [-0.05, 0) is 31.0 Å². The lowest BCUT2D eigenvalue weighted by atomic mass is 10.1. The fourth-order valence-electron chi connectivity index (χ4n) is 1.93. The molecule has 2 rings (SSSR count). The maximum Gasteiger partial charge on any atom is 0.335 e. The number of carbonyl (C=O) groups is 1. The van der Waals surface area contributed by atoms with Crippen molar-refractivity contribution in [3.05, 3.63) is 69.1 Å². The van der Waals surface area contributed by atoms with E-state index in [-0.39, 0.29) is 11.1 Å². The number of aromatic carboxylic acids is 1. The molecule has 0 atom stereocenters. The molecule has 1 heterocycles. The van der Waals surface area contributed by atoms with Gasteiger partial charge in [0, 0.05) is 12.3 Å². The molecule has 1 aromatic heterocycles. The second-order valence-electron chi connectivity index (χ2n) is 4.62. The first-order chi connectivity index (χ1) is 8.97. The smallest absolute Gasteiger partial charge is 0.335 e. The number of pyridine rings is 1. The Morgan fingerprint density at radius 3 is 2.58 bits per heavy atom. The number of rotatable bonds is 3. The average molecular weight is 257 g/mol. The molecule has 0 radical (unpaired) electrons. The van der Waals surface area contributed by atoms with Crippen molar-refractivity contribution in [1.29, 1.82) is 0 Å². The van der Waals surface area contributed by atoms with E-state index in [1.165, 1.54) is 16.8 Å². The molecule has 0 saturated carbocycles. The van der Waals surface area contributed by atoms with E-state index in [1.54, 1.807) is 0 Å². The van der Waals surface area contributed by atoms with Gasteiger partial charge in [-0.25, -0.2) is 4.79 Å². The Morgan fingerprint density at radius 1 is 1.21 bits per heavy atom. The van der Waals surface area contributed by atoms with E-state index in [9.17, 15) is 9.59 Å². The minimum absolute atomic E-state index is 0.0159. The SMILES string of the molecule is Cc1ccc(C)c(Cn2ccc(C(=O)O)cc2=O)c1. The highest BCUT2D eigenvalue weighted by Crippen LogP contribution is 2.11. The van der Waals surface area contributed by atoms with Gasteiger partial charge in [0.15, 0.2) is 0 Å². The molecule has 0 amide bonds. The topological polar surface area (TPSA) is 59.3 Å². The summed E-state index contributed by atoms with van der Waals surface area (Å²) in [6, 6.07) is 8.66. The molecule has 0 unspecified atom stereocenters. The summed E-state index contributed by atoms with van der Waals surface area (Å²) in [6.45, 7) is 4.44. The van der Waals surface area contributed by atoms with Crippen LogP contribution in [0.4, 0.5) is 0 Å². The Labute approximate surface area is 110 Å². The van der Waals surface area contributed by atoms with E-state index in [1.807, 2.05) is 32.0 Å². The number of nitrogens with zero attached hydrogens (tertiary/aromatic N) is 1. The van der Waals surface area contributed by atoms with Crippen molar-refractivity contribution in [3.8, 4) is 0 Å². The van der Waals surface area contributed by atoms with E-state index in [0.717, 1.165) is 22.8 Å². The van der Waals surface area contributed by atoms with Crippen LogP contribution in [0.15, 0.2) is 41.3 Å². The number of carboxylic acid groups (broad SMARTS) is 1. The normalized spacial score (nSPS) is 10.4. The fraction of sp³-hybridized carbons (Fsp3) is 0.200. The van der Waals surface area contributed by atoms with Crippen LogP contribution in [-0.2, 0) is 6.54 Å². The van der Waals surface area contributed by atoms with Crippen molar-refractivity contribution in [3.63, 3.8) is 0 Å². The van der Waals surface area contributed by atoms with Crippen LogP contribution in [0, 0.1) is 13.8 Å². The zero-order valence-electron chi connectivity index (χ0n) is 10.9. The van der Waals surface area contributed by atoms with Crippen LogP contribution in [0.25, 0.3) is 0 Å². The van der Waals surface area contributed by atoms with Crippen LogP contribution >= 0.6 is 0 Å². The molecule has 2 aromatic rings. The lowest BCUT2D eigenvalue weighted by Crippen LogP contribution is -2.21. The third-order valence-corrected chi connectivity index (χ3v) is 3.09. The first-order valence-electron chi connectivity index (χ1n) is 5.97. The summed E-state index contributed by atoms with van der Waals surface area (Å²) >= 11 is 0. The molecule has 4 nitrogen and oxygen atoms in total. The molecule has 4 heteroatoms. The molecule has 19 heavy (non-hydrogen) atoms. The summed E-state index contributed by atoms with van der Waals surface area (Å²) < 4.78 is 1.51. The van der Waals surface area contributed by atoms with Crippen molar-refractivity contribution in [1.82, 2.24) is 4.57 Å². The van der Waals surface area contributed by atoms with Gasteiger partial charge in [-0.2, -0.15) is 0 Å². The van der Waals surface area contributed by atoms with Gasteiger partial charge in [-0.15, -0.1) is 0 Å². The van der Waals surface area contributed by atoms with Crippen molar-refractivity contribution in [2.75, 3.05) is 0 Å². The monoisotopic (exact) mass is 257 g/mol. The van der Waals surface area contributed by atoms with E-state index in [0.29, 0.717) is 6.54 Å². The van der Waals surface area contributed by atoms with Gasteiger partial charge in [-0.3, -0.25) is 4.79 Å². The van der Waals surface area contributed by atoms with Crippen LogP contribution in [-0.4, -0.2) is 15.6 Å². The Morgan fingerprint density at radius 2 is 1.95 bits per heavy atom. The predicted octanol–water partition coefficient (Wildman–Crippen LogP) is 2.21. The minimum atomic E-state index is -1.09. The number of aromatic nitrogens is 1. The molecule has 0 bridgehead atoms. The summed E-state index contributed by atoms with van der Waals surface area (Å²) in [5.74, 6) is -1.09. The number of hydrogen-bond donors (Lipinski definition) is 1. The van der Waals surface area contributed by atoms with Crippen LogP contribution in [0.5, 0.6) is 0 Å². The maximum atomic E-state index is 11.8. The largest absolute Gasteiger partial charge is 0.478 e. The molecule has 1 aromatic carbocycles. The van der Waals surface area contributed by atoms with Gasteiger partial charge < -0.3 is 9.67 Å². The third-order valence-electron chi connectivity index (χ3n) is 3.09. The predicted molar refractivity (Wildman–Crippen MR) is 72.7 cm³/mol. The van der Waals surface area contributed by atoms with Crippen LogP contribution < -0.4 is 5.56 Å². The minimum Gasteiger partial charge on any atom is -0.478 e. The van der Waals surface area contributed by atoms with Gasteiger partial charge in [0.2, 0.25) is 0 Å². The third kappa shape index (κ3) is 2.91. The van der Waals surface area contributed by atoms with Gasteiger partial charge in [-0.1, -0.05) is 23.8 Å². The van der Waals surface area contributed by atoms with Crippen LogP contribution in [0.3, 0.4) is 0 Å². The molecule has 98 valence electrons. The zero-order valence-corrected chi connectivity index (χ0v) is 10.9. The van der Waals surface area contributed by atoms with Gasteiger partial charge in [0.1, 0.15) is 0 Å². The van der Waals surface area contributed by atoms with Gasteiger partial charge in [0.05, 0.1) is 12.1 Å². The van der Waals surface area contributed by atoms with Crippen LogP contribution in [0.2, 0.25) is 0 Å². The second-order valence-corrected chi connectivity index (χ2v) is 4.62. The lowest BCUT2D eigenvalue weighted by molar-refractivity contribution is 0.0696. The molecule has 0 aliphatic heterocycles. The molecule has 0 spiro atoms. The standard InChI is InChI=1S/C15H15NO3/c1-10-3-4-11(2)13(7-10)9-16-6-5-12(15(18)19)8-14(16)17/h3-8H,9H2,1-2H3,(H,18,19). The second kappa shape index (κ2) is 5.10. The van der Waals surface area contributed by atoms with Crippen molar-refractivity contribution >= 4 is 5.97 Å². The lowest BCUT2D eigenvalue weighted by Gasteiger charge is -2.09. The highest BCUT2D eigenvalue weighted by atomic mass is 16.4. The quantitative estimate of drug-likeness (QED) is 0.917. The summed E-state index contributed by atoms with van der Waals surface area (Å²) in [5.41, 5.74) is 3.02. The number of aryl methyl sites for hydroxylation is 2. The van der Waals surface area contributed by atoms with Crippen molar-refractivity contribution < 1.29 is 9.90 Å². The van der Waals surface area contributed by atoms with Gasteiger partial charge in [0.25, 0.3) is 5.56 Å². The summed E-state index contributed by atoms with van der Waals surface area (Å²) in [7, 11) is 0. The zero-order chi connectivity index (χ0) is 14.0. The Bertz CT molecular complexity index is 686. The van der Waals surface area contributed by atoms with E-state index in [4.69, 9.17) is 5.11 Å². The molecular weight excluding hydrogens is 242 g/mol. The van der Waals surface area contributed by atoms with E-state index >= 15 is 0 Å². The molecule has 0 fully saturated rings. The van der Waals surface area contributed by atoms with Crippen molar-refractivity contribution in [2.24, 2.45) is 0 Å². The van der Waals surface area contributed by atoms with Crippen LogP contribution in [0.1, 0.15) is 27.0 Å². The fourth-order valence-corrected chi connectivity index (χ4v) is 1.93. The molecule has 0 aliphatic carbocycles. The first-order valence-corrected chi connectivity index (χ1v) is 5.97. The Kier molecular flexibility index (Phi) is 3.51. The summed E-state index contributed by atoms with van der Waals surface area (Å²) in [4.78, 5) is 22.6. The number of benzene rings is 1. The summed E-state index contributed by atoms with van der Waals surface area (Å²) in [5, 5.41) is 8.82. The highest BCUT2D eigenvalue weighted by Gasteiger charge is 2.06. The van der Waals surface area contributed by atoms with E-state index < -0.39 is 5.97 Å². The van der Waals surface area contributed by atoms with Gasteiger partial charge >= 0.3 is 5.97 Å². The maximum absolute atomic E-state index is 11.8. The molecule has 0 aliphatic rings.